The predicted molar refractivity (Wildman–Crippen MR) is 117 cm³/mol. The van der Waals surface area contributed by atoms with Crippen LogP contribution in [0.2, 0.25) is 0 Å². The minimum absolute atomic E-state index is 0.201. The molecule has 1 aliphatic rings. The van der Waals surface area contributed by atoms with Crippen LogP contribution in [0.5, 0.6) is 5.75 Å². The van der Waals surface area contributed by atoms with E-state index in [0.717, 1.165) is 8.47 Å². The summed E-state index contributed by atoms with van der Waals surface area (Å²) in [7, 11) is 1.52. The first-order chi connectivity index (χ1) is 14.3. The van der Waals surface area contributed by atoms with E-state index in [0.29, 0.717) is 11.3 Å². The largest absolute Gasteiger partial charge is 0.497 e. The van der Waals surface area contributed by atoms with Gasteiger partial charge in [-0.3, -0.25) is 14.9 Å². The van der Waals surface area contributed by atoms with E-state index in [2.05, 4.69) is 27.9 Å². The summed E-state index contributed by atoms with van der Waals surface area (Å²) in [5.74, 6) is -1.51. The van der Waals surface area contributed by atoms with Crippen LogP contribution in [0.4, 0.5) is 10.5 Å². The monoisotopic (exact) mass is 520 g/mol. The number of hydrogen-bond donors (Lipinski definition) is 1. The van der Waals surface area contributed by atoms with Gasteiger partial charge in [-0.15, -0.1) is 0 Å². The highest BCUT2D eigenvalue weighted by Gasteiger charge is 2.36. The second kappa shape index (κ2) is 9.08. The molecule has 0 aromatic heterocycles. The maximum Gasteiger partial charge on any atom is 0.338 e. The molecule has 154 valence electrons. The van der Waals surface area contributed by atoms with Gasteiger partial charge in [0.2, 0.25) is 0 Å². The van der Waals surface area contributed by atoms with Gasteiger partial charge in [0.05, 0.1) is 25.0 Å². The number of urea groups is 1. The van der Waals surface area contributed by atoms with Gasteiger partial charge in [0.1, 0.15) is 11.3 Å². The molecule has 0 bridgehead atoms. The van der Waals surface area contributed by atoms with Crippen LogP contribution >= 0.6 is 22.6 Å². The lowest BCUT2D eigenvalue weighted by molar-refractivity contribution is -0.122. The summed E-state index contributed by atoms with van der Waals surface area (Å²) in [5, 5.41) is 2.16. The first kappa shape index (κ1) is 21.5. The number of hydrogen-bond acceptors (Lipinski definition) is 6. The zero-order valence-electron chi connectivity index (χ0n) is 16.1. The first-order valence-electron chi connectivity index (χ1n) is 8.87. The Morgan fingerprint density at radius 2 is 1.83 bits per heavy atom. The third kappa shape index (κ3) is 4.51. The number of nitrogens with zero attached hydrogens (tertiary/aromatic N) is 1. The number of esters is 1. The molecule has 8 nitrogen and oxygen atoms in total. The fourth-order valence-corrected chi connectivity index (χ4v) is 3.47. The van der Waals surface area contributed by atoms with Gasteiger partial charge >= 0.3 is 12.0 Å². The minimum Gasteiger partial charge on any atom is -0.497 e. The van der Waals surface area contributed by atoms with Crippen molar-refractivity contribution in [2.75, 3.05) is 18.6 Å². The van der Waals surface area contributed by atoms with Gasteiger partial charge < -0.3 is 9.47 Å². The van der Waals surface area contributed by atoms with Gasteiger partial charge in [-0.1, -0.05) is 0 Å². The SMILES string of the molecule is CCOC(=O)c1ccc(N2C(=O)NC(=O)/C(=C\c3cc(I)cc(OC)c3)C2=O)cc1. The summed E-state index contributed by atoms with van der Waals surface area (Å²) in [4.78, 5) is 50.2. The van der Waals surface area contributed by atoms with E-state index >= 15 is 0 Å². The summed E-state index contributed by atoms with van der Waals surface area (Å²) in [6.07, 6.45) is 1.40. The summed E-state index contributed by atoms with van der Waals surface area (Å²) in [5.41, 5.74) is 0.866. The number of carbonyl (C=O) groups is 4. The number of nitrogens with one attached hydrogen (secondary N) is 1. The molecule has 1 heterocycles. The van der Waals surface area contributed by atoms with E-state index in [4.69, 9.17) is 9.47 Å². The lowest BCUT2D eigenvalue weighted by Crippen LogP contribution is -2.54. The third-order valence-electron chi connectivity index (χ3n) is 4.18. The van der Waals surface area contributed by atoms with E-state index in [9.17, 15) is 19.2 Å². The topological polar surface area (TPSA) is 102 Å². The number of rotatable bonds is 5. The molecule has 0 saturated carbocycles. The van der Waals surface area contributed by atoms with E-state index < -0.39 is 23.8 Å². The number of barbiturate groups is 1. The van der Waals surface area contributed by atoms with Crippen LogP contribution in [-0.4, -0.2) is 37.5 Å². The highest BCUT2D eigenvalue weighted by molar-refractivity contribution is 14.1. The zero-order valence-corrected chi connectivity index (χ0v) is 18.3. The Morgan fingerprint density at radius 1 is 1.13 bits per heavy atom. The van der Waals surface area contributed by atoms with Gasteiger partial charge in [-0.05, 0) is 83.6 Å². The van der Waals surface area contributed by atoms with E-state index in [1.807, 2.05) is 0 Å². The summed E-state index contributed by atoms with van der Waals surface area (Å²) in [6.45, 7) is 1.92. The Bertz CT molecular complexity index is 1060. The van der Waals surface area contributed by atoms with Crippen molar-refractivity contribution in [3.8, 4) is 5.75 Å². The number of benzene rings is 2. The second-order valence-corrected chi connectivity index (χ2v) is 7.40. The van der Waals surface area contributed by atoms with Gasteiger partial charge in [-0.25, -0.2) is 14.5 Å². The minimum atomic E-state index is -0.869. The number of anilines is 1. The Morgan fingerprint density at radius 3 is 2.47 bits per heavy atom. The van der Waals surface area contributed by atoms with E-state index in [-0.39, 0.29) is 23.4 Å². The highest BCUT2D eigenvalue weighted by Crippen LogP contribution is 2.25. The van der Waals surface area contributed by atoms with Crippen molar-refractivity contribution in [2.24, 2.45) is 0 Å². The highest BCUT2D eigenvalue weighted by atomic mass is 127. The van der Waals surface area contributed by atoms with Crippen LogP contribution in [0.25, 0.3) is 6.08 Å². The number of imide groups is 2. The quantitative estimate of drug-likeness (QED) is 0.282. The Balaban J connectivity index is 1.95. The van der Waals surface area contributed by atoms with E-state index in [1.165, 1.54) is 37.5 Å². The number of methoxy groups -OCH3 is 1. The molecule has 3 rings (SSSR count). The predicted octanol–water partition coefficient (Wildman–Crippen LogP) is 3.14. The molecule has 1 saturated heterocycles. The molecular weight excluding hydrogens is 503 g/mol. The second-order valence-electron chi connectivity index (χ2n) is 6.15. The van der Waals surface area contributed by atoms with Crippen molar-refractivity contribution >= 4 is 58.2 Å². The fourth-order valence-electron chi connectivity index (χ4n) is 2.81. The van der Waals surface area contributed by atoms with Gasteiger partial charge in [0.25, 0.3) is 11.8 Å². The molecule has 0 radical (unpaired) electrons. The number of halogens is 1. The molecule has 4 amide bonds. The molecule has 2 aromatic carbocycles. The number of amides is 4. The normalized spacial score (nSPS) is 15.2. The Kier molecular flexibility index (Phi) is 6.50. The first-order valence-corrected chi connectivity index (χ1v) is 9.95. The standard InChI is InChI=1S/C21H17IN2O6/c1-3-30-20(27)13-4-6-15(7-5-13)24-19(26)17(18(25)23-21(24)28)10-12-8-14(22)11-16(9-12)29-2/h4-11H,3H2,1-2H3,(H,23,25,28)/b17-10+. The van der Waals surface area contributed by atoms with Crippen LogP contribution in [0.1, 0.15) is 22.8 Å². The van der Waals surface area contributed by atoms with Crippen molar-refractivity contribution in [1.82, 2.24) is 5.32 Å². The maximum absolute atomic E-state index is 13.0. The summed E-state index contributed by atoms with van der Waals surface area (Å²) >= 11 is 2.09. The van der Waals surface area contributed by atoms with Gasteiger partial charge in [0.15, 0.2) is 0 Å². The zero-order chi connectivity index (χ0) is 21.8. The Hall–Kier alpha value is -3.21. The fraction of sp³-hybridized carbons (Fsp3) is 0.143. The average molecular weight is 520 g/mol. The molecular formula is C21H17IN2O6. The van der Waals surface area contributed by atoms with Gasteiger partial charge in [0, 0.05) is 3.57 Å². The lowest BCUT2D eigenvalue weighted by Gasteiger charge is -2.26. The number of carbonyl (C=O) groups excluding carboxylic acids is 4. The number of ether oxygens (including phenoxy) is 2. The summed E-state index contributed by atoms with van der Waals surface area (Å²) in [6, 6.07) is 10.1. The van der Waals surface area contributed by atoms with Crippen LogP contribution in [-0.2, 0) is 14.3 Å². The molecule has 0 atom stereocenters. The molecule has 0 unspecified atom stereocenters. The van der Waals surface area contributed by atoms with Gasteiger partial charge in [-0.2, -0.15) is 0 Å². The molecule has 0 aliphatic carbocycles. The third-order valence-corrected chi connectivity index (χ3v) is 4.80. The molecule has 0 spiro atoms. The van der Waals surface area contributed by atoms with Crippen molar-refractivity contribution in [3.05, 3.63) is 62.7 Å². The molecule has 1 fully saturated rings. The van der Waals surface area contributed by atoms with Crippen LogP contribution in [0, 0.1) is 3.57 Å². The molecule has 1 N–H and O–H groups in total. The van der Waals surface area contributed by atoms with E-state index in [1.54, 1.807) is 25.1 Å². The van der Waals surface area contributed by atoms with Crippen LogP contribution in [0.3, 0.4) is 0 Å². The molecule has 1 aliphatic heterocycles. The molecule has 2 aromatic rings. The van der Waals surface area contributed by atoms with Crippen LogP contribution in [0.15, 0.2) is 48.0 Å². The maximum atomic E-state index is 13.0. The van der Waals surface area contributed by atoms with Crippen molar-refractivity contribution in [2.45, 2.75) is 6.92 Å². The Labute approximate surface area is 186 Å². The average Bonchev–Trinajstić information content (AvgIpc) is 2.71. The smallest absolute Gasteiger partial charge is 0.338 e. The van der Waals surface area contributed by atoms with Crippen molar-refractivity contribution in [3.63, 3.8) is 0 Å². The molecule has 30 heavy (non-hydrogen) atoms. The lowest BCUT2D eigenvalue weighted by atomic mass is 10.1. The van der Waals surface area contributed by atoms with Crippen molar-refractivity contribution < 1.29 is 28.7 Å². The van der Waals surface area contributed by atoms with Crippen molar-refractivity contribution in [1.29, 1.82) is 0 Å². The molecule has 9 heteroatoms. The van der Waals surface area contributed by atoms with Crippen LogP contribution < -0.4 is 15.0 Å². The summed E-state index contributed by atoms with van der Waals surface area (Å²) < 4.78 is 11.0.